The smallest absolute Gasteiger partial charge is 0.361 e. The number of carbonyl (C=O) groups is 2. The Morgan fingerprint density at radius 1 is 1.20 bits per heavy atom. The van der Waals surface area contributed by atoms with E-state index in [2.05, 4.69) is 5.16 Å². The number of alkyl halides is 3. The SMILES string of the molecule is Cc1cc(C(=O)N2CCN(C(=O)C(F)(F)F)CC2)no1. The Labute approximate surface area is 112 Å². The van der Waals surface area contributed by atoms with Gasteiger partial charge in [-0.25, -0.2) is 0 Å². The maximum atomic E-state index is 12.3. The number of aromatic nitrogens is 1. The van der Waals surface area contributed by atoms with Crippen LogP contribution in [-0.4, -0.2) is 59.1 Å². The fourth-order valence-electron chi connectivity index (χ4n) is 1.92. The average Bonchev–Trinajstić information content (AvgIpc) is 2.83. The molecule has 1 aliphatic heterocycles. The summed E-state index contributed by atoms with van der Waals surface area (Å²) in [5.74, 6) is -1.82. The normalized spacial score (nSPS) is 16.4. The Balaban J connectivity index is 1.95. The highest BCUT2D eigenvalue weighted by atomic mass is 19.4. The highest BCUT2D eigenvalue weighted by molar-refractivity contribution is 5.92. The molecule has 0 bridgehead atoms. The summed E-state index contributed by atoms with van der Waals surface area (Å²) < 4.78 is 41.6. The van der Waals surface area contributed by atoms with Gasteiger partial charge in [0, 0.05) is 32.2 Å². The van der Waals surface area contributed by atoms with Crippen LogP contribution >= 0.6 is 0 Å². The number of nitrogens with zero attached hydrogens (tertiary/aromatic N) is 3. The van der Waals surface area contributed by atoms with Crippen molar-refractivity contribution in [3.8, 4) is 0 Å². The van der Waals surface area contributed by atoms with Crippen LogP contribution in [0.3, 0.4) is 0 Å². The second-order valence-electron chi connectivity index (χ2n) is 4.40. The first-order valence-corrected chi connectivity index (χ1v) is 5.87. The van der Waals surface area contributed by atoms with Crippen molar-refractivity contribution < 1.29 is 27.3 Å². The van der Waals surface area contributed by atoms with E-state index in [0.717, 1.165) is 0 Å². The predicted octanol–water partition coefficient (Wildman–Crippen LogP) is 0.830. The summed E-state index contributed by atoms with van der Waals surface area (Å²) >= 11 is 0. The molecule has 1 aliphatic rings. The fourth-order valence-corrected chi connectivity index (χ4v) is 1.92. The van der Waals surface area contributed by atoms with E-state index >= 15 is 0 Å². The van der Waals surface area contributed by atoms with Gasteiger partial charge >= 0.3 is 12.1 Å². The van der Waals surface area contributed by atoms with Gasteiger partial charge in [-0.3, -0.25) is 9.59 Å². The first-order valence-electron chi connectivity index (χ1n) is 5.87. The van der Waals surface area contributed by atoms with Gasteiger partial charge < -0.3 is 14.3 Å². The Morgan fingerprint density at radius 2 is 1.75 bits per heavy atom. The molecule has 1 saturated heterocycles. The van der Waals surface area contributed by atoms with Crippen LogP contribution in [0.5, 0.6) is 0 Å². The lowest BCUT2D eigenvalue weighted by atomic mass is 10.2. The van der Waals surface area contributed by atoms with Crippen LogP contribution in [0, 0.1) is 6.92 Å². The third-order valence-electron chi connectivity index (χ3n) is 2.94. The van der Waals surface area contributed by atoms with E-state index in [9.17, 15) is 22.8 Å². The molecule has 0 radical (unpaired) electrons. The lowest BCUT2D eigenvalue weighted by Crippen LogP contribution is -2.53. The van der Waals surface area contributed by atoms with E-state index in [1.807, 2.05) is 0 Å². The summed E-state index contributed by atoms with van der Waals surface area (Å²) in [6.45, 7) is 1.39. The van der Waals surface area contributed by atoms with E-state index in [-0.39, 0.29) is 31.9 Å². The minimum absolute atomic E-state index is 0.0343. The van der Waals surface area contributed by atoms with Crippen molar-refractivity contribution in [1.29, 1.82) is 0 Å². The Hall–Kier alpha value is -2.06. The molecular formula is C11H12F3N3O3. The predicted molar refractivity (Wildman–Crippen MR) is 59.8 cm³/mol. The molecular weight excluding hydrogens is 279 g/mol. The minimum atomic E-state index is -4.88. The van der Waals surface area contributed by atoms with Crippen molar-refractivity contribution in [3.63, 3.8) is 0 Å². The van der Waals surface area contributed by atoms with Crippen LogP contribution in [0.4, 0.5) is 13.2 Å². The summed E-state index contributed by atoms with van der Waals surface area (Å²) in [6.07, 6.45) is -4.88. The van der Waals surface area contributed by atoms with Crippen molar-refractivity contribution in [1.82, 2.24) is 15.0 Å². The van der Waals surface area contributed by atoms with Crippen LogP contribution in [0.2, 0.25) is 0 Å². The molecule has 0 aromatic carbocycles. The van der Waals surface area contributed by atoms with E-state index in [1.54, 1.807) is 6.92 Å². The number of halogens is 3. The van der Waals surface area contributed by atoms with Gasteiger partial charge in [0.2, 0.25) is 0 Å². The molecule has 20 heavy (non-hydrogen) atoms. The van der Waals surface area contributed by atoms with Crippen molar-refractivity contribution in [2.45, 2.75) is 13.1 Å². The Bertz CT molecular complexity index is 518. The molecule has 0 saturated carbocycles. The number of aryl methyl sites for hydroxylation is 1. The first kappa shape index (κ1) is 14.4. The van der Waals surface area contributed by atoms with Gasteiger partial charge in [-0.1, -0.05) is 5.16 Å². The largest absolute Gasteiger partial charge is 0.471 e. The molecule has 0 spiro atoms. The summed E-state index contributed by atoms with van der Waals surface area (Å²) in [6, 6.07) is 1.45. The van der Waals surface area contributed by atoms with Crippen LogP contribution < -0.4 is 0 Å². The van der Waals surface area contributed by atoms with Crippen molar-refractivity contribution >= 4 is 11.8 Å². The molecule has 1 aromatic heterocycles. The third kappa shape index (κ3) is 2.91. The van der Waals surface area contributed by atoms with Crippen LogP contribution in [-0.2, 0) is 4.79 Å². The second-order valence-corrected chi connectivity index (χ2v) is 4.40. The van der Waals surface area contributed by atoms with Crippen LogP contribution in [0.1, 0.15) is 16.2 Å². The second kappa shape index (κ2) is 5.14. The zero-order valence-electron chi connectivity index (χ0n) is 10.6. The maximum absolute atomic E-state index is 12.3. The molecule has 2 heterocycles. The zero-order valence-corrected chi connectivity index (χ0v) is 10.6. The van der Waals surface area contributed by atoms with Gasteiger partial charge in [0.25, 0.3) is 5.91 Å². The standard InChI is InChI=1S/C11H12F3N3O3/c1-7-6-8(15-20-7)9(18)16-2-4-17(5-3-16)10(19)11(12,13)14/h6H,2-5H2,1H3. The van der Waals surface area contributed by atoms with E-state index in [1.165, 1.54) is 11.0 Å². The van der Waals surface area contributed by atoms with Crippen LogP contribution in [0.15, 0.2) is 10.6 Å². The van der Waals surface area contributed by atoms with E-state index in [0.29, 0.717) is 10.7 Å². The molecule has 0 N–H and O–H groups in total. The number of carbonyl (C=O) groups excluding carboxylic acids is 2. The number of piperazine rings is 1. The third-order valence-corrected chi connectivity index (χ3v) is 2.94. The lowest BCUT2D eigenvalue weighted by molar-refractivity contribution is -0.186. The van der Waals surface area contributed by atoms with Gasteiger partial charge in [-0.05, 0) is 6.92 Å². The molecule has 2 rings (SSSR count). The zero-order chi connectivity index (χ0) is 14.9. The number of amides is 2. The van der Waals surface area contributed by atoms with Gasteiger partial charge in [0.1, 0.15) is 5.76 Å². The quantitative estimate of drug-likeness (QED) is 0.768. The number of hydrogen-bond acceptors (Lipinski definition) is 4. The highest BCUT2D eigenvalue weighted by Crippen LogP contribution is 2.19. The summed E-state index contributed by atoms with van der Waals surface area (Å²) in [4.78, 5) is 25.0. The molecule has 1 fully saturated rings. The monoisotopic (exact) mass is 291 g/mol. The number of rotatable bonds is 1. The van der Waals surface area contributed by atoms with Gasteiger partial charge in [-0.2, -0.15) is 13.2 Å². The van der Waals surface area contributed by atoms with Gasteiger partial charge in [0.05, 0.1) is 0 Å². The molecule has 1 aromatic rings. The van der Waals surface area contributed by atoms with Gasteiger partial charge in [-0.15, -0.1) is 0 Å². The van der Waals surface area contributed by atoms with Crippen molar-refractivity contribution in [3.05, 3.63) is 17.5 Å². The topological polar surface area (TPSA) is 66.7 Å². The minimum Gasteiger partial charge on any atom is -0.361 e. The number of hydrogen-bond donors (Lipinski definition) is 0. The molecule has 0 atom stereocenters. The maximum Gasteiger partial charge on any atom is 0.471 e. The summed E-state index contributed by atoms with van der Waals surface area (Å²) in [5, 5.41) is 3.56. The highest BCUT2D eigenvalue weighted by Gasteiger charge is 2.43. The van der Waals surface area contributed by atoms with Gasteiger partial charge in [0.15, 0.2) is 5.69 Å². The van der Waals surface area contributed by atoms with Crippen LogP contribution in [0.25, 0.3) is 0 Å². The average molecular weight is 291 g/mol. The van der Waals surface area contributed by atoms with E-state index in [4.69, 9.17) is 4.52 Å². The molecule has 2 amide bonds. The summed E-state index contributed by atoms with van der Waals surface area (Å²) in [7, 11) is 0. The molecule has 6 nitrogen and oxygen atoms in total. The first-order chi connectivity index (χ1) is 9.29. The van der Waals surface area contributed by atoms with E-state index < -0.39 is 18.0 Å². The molecule has 9 heteroatoms. The van der Waals surface area contributed by atoms with Crippen molar-refractivity contribution in [2.75, 3.05) is 26.2 Å². The fraction of sp³-hybridized carbons (Fsp3) is 0.545. The summed E-state index contributed by atoms with van der Waals surface area (Å²) in [5.41, 5.74) is 0.109. The molecule has 0 unspecified atom stereocenters. The Morgan fingerprint density at radius 3 is 2.20 bits per heavy atom. The molecule has 110 valence electrons. The lowest BCUT2D eigenvalue weighted by Gasteiger charge is -2.34. The Kier molecular flexibility index (Phi) is 3.69. The molecule has 0 aliphatic carbocycles. The van der Waals surface area contributed by atoms with Crippen molar-refractivity contribution in [2.24, 2.45) is 0 Å².